The molecule has 0 radical (unpaired) electrons. The molecule has 0 aliphatic carbocycles. The van der Waals surface area contributed by atoms with Crippen molar-refractivity contribution in [3.05, 3.63) is 47.3 Å². The fraction of sp³-hybridized carbons (Fsp3) is 0.318. The Kier molecular flexibility index (Phi) is 12.5. The third-order valence-electron chi connectivity index (χ3n) is 4.15. The van der Waals surface area contributed by atoms with Crippen molar-refractivity contribution in [2.24, 2.45) is 0 Å². The summed E-state index contributed by atoms with van der Waals surface area (Å²) in [6, 6.07) is 12.0. The SMILES string of the molecule is CN(C)CCCNc1nccc(/C(C#N)=C2\Nc3ccccc3S2)n1.O=C(O)C(F)(F)F.O=C(O)C(F)(F)F. The first-order chi connectivity index (χ1) is 18.1. The van der Waals surface area contributed by atoms with Gasteiger partial charge in [0.15, 0.2) is 0 Å². The summed E-state index contributed by atoms with van der Waals surface area (Å²) in [7, 11) is 4.10. The van der Waals surface area contributed by atoms with Gasteiger partial charge in [-0.3, -0.25) is 0 Å². The van der Waals surface area contributed by atoms with Gasteiger partial charge in [-0.2, -0.15) is 31.6 Å². The number of alkyl halides is 6. The molecule has 0 bridgehead atoms. The van der Waals surface area contributed by atoms with Gasteiger partial charge in [-0.1, -0.05) is 23.9 Å². The van der Waals surface area contributed by atoms with E-state index in [-0.39, 0.29) is 0 Å². The molecule has 4 N–H and O–H groups in total. The number of benzene rings is 1. The number of allylic oxidation sites excluding steroid dienone is 1. The zero-order chi connectivity index (χ0) is 29.8. The number of hydrogen-bond donors (Lipinski definition) is 4. The summed E-state index contributed by atoms with van der Waals surface area (Å²) in [5.74, 6) is -4.97. The van der Waals surface area contributed by atoms with Crippen molar-refractivity contribution in [1.82, 2.24) is 14.9 Å². The molecule has 39 heavy (non-hydrogen) atoms. The minimum atomic E-state index is -5.08. The number of nitrogens with one attached hydrogen (secondary N) is 2. The number of aliphatic carboxylic acids is 2. The molecule has 1 aliphatic heterocycles. The number of rotatable bonds is 6. The highest BCUT2D eigenvalue weighted by molar-refractivity contribution is 8.04. The van der Waals surface area contributed by atoms with Crippen molar-refractivity contribution < 1.29 is 46.1 Å². The van der Waals surface area contributed by atoms with Crippen LogP contribution in [0.4, 0.5) is 38.0 Å². The minimum absolute atomic E-state index is 0.528. The molecule has 0 fully saturated rings. The van der Waals surface area contributed by atoms with E-state index in [2.05, 4.69) is 31.6 Å². The quantitative estimate of drug-likeness (QED) is 0.217. The second-order valence-corrected chi connectivity index (χ2v) is 8.55. The van der Waals surface area contributed by atoms with Crippen LogP contribution in [0.3, 0.4) is 0 Å². The molecule has 0 saturated carbocycles. The number of para-hydroxylation sites is 1. The Morgan fingerprint density at radius 1 is 1.08 bits per heavy atom. The van der Waals surface area contributed by atoms with Crippen LogP contribution in [0.2, 0.25) is 0 Å². The summed E-state index contributed by atoms with van der Waals surface area (Å²) in [6.45, 7) is 1.79. The number of aromatic nitrogens is 2. The first-order valence-corrected chi connectivity index (χ1v) is 11.4. The summed E-state index contributed by atoms with van der Waals surface area (Å²) in [5, 5.41) is 31.2. The van der Waals surface area contributed by atoms with E-state index in [1.54, 1.807) is 24.0 Å². The van der Waals surface area contributed by atoms with E-state index in [1.165, 1.54) is 0 Å². The average molecular weight is 581 g/mol. The predicted octanol–water partition coefficient (Wildman–Crippen LogP) is 4.52. The Morgan fingerprint density at radius 2 is 1.64 bits per heavy atom. The topological polar surface area (TPSA) is 151 Å². The third kappa shape index (κ3) is 11.9. The van der Waals surface area contributed by atoms with Crippen LogP contribution in [0.25, 0.3) is 5.57 Å². The normalized spacial score (nSPS) is 13.4. The zero-order valence-corrected chi connectivity index (χ0v) is 21.1. The molecule has 3 rings (SSSR count). The maximum absolute atomic E-state index is 10.6. The molecule has 1 aliphatic rings. The fourth-order valence-corrected chi connectivity index (χ4v) is 3.44. The van der Waals surface area contributed by atoms with Gasteiger partial charge in [0, 0.05) is 17.6 Å². The van der Waals surface area contributed by atoms with E-state index in [1.807, 2.05) is 38.4 Å². The lowest BCUT2D eigenvalue weighted by Gasteiger charge is -2.10. The van der Waals surface area contributed by atoms with Crippen LogP contribution >= 0.6 is 11.8 Å². The fourth-order valence-electron chi connectivity index (χ4n) is 2.43. The maximum Gasteiger partial charge on any atom is 0.490 e. The number of fused-ring (bicyclic) bond motifs is 1. The van der Waals surface area contributed by atoms with E-state index in [0.29, 0.717) is 17.2 Å². The highest BCUT2D eigenvalue weighted by Crippen LogP contribution is 2.43. The number of nitrogens with zero attached hydrogens (tertiary/aromatic N) is 4. The number of anilines is 2. The van der Waals surface area contributed by atoms with Gasteiger partial charge in [0.05, 0.1) is 16.4 Å². The smallest absolute Gasteiger partial charge is 0.475 e. The first-order valence-electron chi connectivity index (χ1n) is 10.6. The van der Waals surface area contributed by atoms with E-state index in [9.17, 15) is 31.6 Å². The molecular formula is C22H22F6N6O4S. The molecule has 0 amide bonds. The van der Waals surface area contributed by atoms with E-state index < -0.39 is 24.3 Å². The molecule has 2 aromatic rings. The van der Waals surface area contributed by atoms with Crippen LogP contribution < -0.4 is 10.6 Å². The monoisotopic (exact) mass is 580 g/mol. The van der Waals surface area contributed by atoms with Crippen molar-refractivity contribution in [1.29, 1.82) is 5.26 Å². The second-order valence-electron chi connectivity index (χ2n) is 7.49. The van der Waals surface area contributed by atoms with Crippen LogP contribution in [-0.4, -0.2) is 76.6 Å². The lowest BCUT2D eigenvalue weighted by Crippen LogP contribution is -2.21. The van der Waals surface area contributed by atoms with E-state index in [0.717, 1.165) is 35.1 Å². The zero-order valence-electron chi connectivity index (χ0n) is 20.3. The molecule has 0 saturated heterocycles. The number of thioether (sulfide) groups is 1. The lowest BCUT2D eigenvalue weighted by atomic mass is 10.2. The number of carbonyl (C=O) groups is 2. The molecule has 0 unspecified atom stereocenters. The van der Waals surface area contributed by atoms with Gasteiger partial charge in [-0.05, 0) is 45.3 Å². The van der Waals surface area contributed by atoms with Gasteiger partial charge in [-0.15, -0.1) is 0 Å². The highest BCUT2D eigenvalue weighted by Gasteiger charge is 2.38. The Balaban J connectivity index is 0.000000449. The molecular weight excluding hydrogens is 558 g/mol. The van der Waals surface area contributed by atoms with Crippen molar-refractivity contribution in [3.8, 4) is 6.07 Å². The second kappa shape index (κ2) is 14.8. The third-order valence-corrected chi connectivity index (χ3v) is 5.23. The van der Waals surface area contributed by atoms with Gasteiger partial charge in [0.1, 0.15) is 11.6 Å². The van der Waals surface area contributed by atoms with Crippen LogP contribution in [0.15, 0.2) is 46.5 Å². The summed E-state index contributed by atoms with van der Waals surface area (Å²) in [4.78, 5) is 29.8. The number of nitriles is 1. The largest absolute Gasteiger partial charge is 0.490 e. The van der Waals surface area contributed by atoms with E-state index in [4.69, 9.17) is 19.8 Å². The van der Waals surface area contributed by atoms with Crippen LogP contribution in [-0.2, 0) is 9.59 Å². The summed E-state index contributed by atoms with van der Waals surface area (Å²) in [6.07, 6.45) is -7.49. The van der Waals surface area contributed by atoms with Gasteiger partial charge in [-0.25, -0.2) is 19.6 Å². The Morgan fingerprint density at radius 3 is 2.13 bits per heavy atom. The van der Waals surface area contributed by atoms with Crippen LogP contribution in [0, 0.1) is 11.3 Å². The number of carboxylic acids is 2. The number of carboxylic acid groups (broad SMARTS) is 2. The molecule has 1 aromatic carbocycles. The van der Waals surface area contributed by atoms with Gasteiger partial charge in [0.2, 0.25) is 5.95 Å². The predicted molar refractivity (Wildman–Crippen MR) is 130 cm³/mol. The Labute approximate surface area is 222 Å². The highest BCUT2D eigenvalue weighted by atomic mass is 32.2. The Bertz CT molecular complexity index is 1160. The number of hydrogen-bond acceptors (Lipinski definition) is 9. The molecule has 1 aromatic heterocycles. The maximum atomic E-state index is 10.6. The summed E-state index contributed by atoms with van der Waals surface area (Å²) < 4.78 is 63.5. The van der Waals surface area contributed by atoms with Crippen molar-refractivity contribution in [3.63, 3.8) is 0 Å². The van der Waals surface area contributed by atoms with Crippen LogP contribution in [0.5, 0.6) is 0 Å². The molecule has 10 nitrogen and oxygen atoms in total. The van der Waals surface area contributed by atoms with Crippen molar-refractivity contribution in [2.45, 2.75) is 23.7 Å². The van der Waals surface area contributed by atoms with Crippen molar-refractivity contribution in [2.75, 3.05) is 37.8 Å². The standard InChI is InChI=1S/C18H20N6S.2C2HF3O2/c1-24(2)11-5-9-20-18-21-10-8-14(23-18)13(12-19)17-22-15-6-3-4-7-16(15)25-17;2*3-2(4,5)1(6)7/h3-4,6-8,10,22H,5,9,11H2,1-2H3,(H,20,21,23);2*(H,6,7)/b17-13+;;. The summed E-state index contributed by atoms with van der Waals surface area (Å²) in [5.41, 5.74) is 2.17. The summed E-state index contributed by atoms with van der Waals surface area (Å²) >= 11 is 1.55. The van der Waals surface area contributed by atoms with Gasteiger partial charge >= 0.3 is 24.3 Å². The lowest BCUT2D eigenvalue weighted by molar-refractivity contribution is -0.193. The number of halogens is 6. The molecule has 17 heteroatoms. The van der Waals surface area contributed by atoms with Gasteiger partial charge < -0.3 is 25.7 Å². The first kappa shape index (κ1) is 33.0. The Hall–Kier alpha value is -4.04. The van der Waals surface area contributed by atoms with Gasteiger partial charge in [0.25, 0.3) is 0 Å². The molecule has 0 spiro atoms. The molecule has 2 heterocycles. The molecule has 0 atom stereocenters. The van der Waals surface area contributed by atoms with E-state index >= 15 is 0 Å². The minimum Gasteiger partial charge on any atom is -0.475 e. The molecule has 212 valence electrons. The van der Waals surface area contributed by atoms with Crippen molar-refractivity contribution >= 4 is 40.9 Å². The average Bonchev–Trinajstić information content (AvgIpc) is 3.26. The van der Waals surface area contributed by atoms with Crippen LogP contribution in [0.1, 0.15) is 12.1 Å².